The molecule has 0 fully saturated rings. The van der Waals surface area contributed by atoms with Crippen molar-refractivity contribution in [3.8, 4) is 0 Å². The molecule has 0 aliphatic carbocycles. The highest BCUT2D eigenvalue weighted by atomic mass is 32.2. The summed E-state index contributed by atoms with van der Waals surface area (Å²) < 4.78 is 9.64. The molecule has 0 aromatic rings. The molecule has 0 aromatic carbocycles. The number of amides is 1. The highest BCUT2D eigenvalue weighted by Crippen LogP contribution is 2.17. The van der Waals surface area contributed by atoms with Gasteiger partial charge in [0.25, 0.3) is 0 Å². The molecule has 0 radical (unpaired) electrons. The number of carbonyl (C=O) groups is 4. The number of nitrogens with one attached hydrogen (secondary N) is 1. The fourth-order valence-corrected chi connectivity index (χ4v) is 0.967. The minimum absolute atomic E-state index is 0.296. The van der Waals surface area contributed by atoms with Gasteiger partial charge >= 0.3 is 17.2 Å². The summed E-state index contributed by atoms with van der Waals surface area (Å²) in [5, 5.41) is 9.60. The molecule has 0 aliphatic heterocycles. The Bertz CT molecular complexity index is 390. The minimum Gasteiger partial charge on any atom is -0.480 e. The number of rotatable bonds is 4. The zero-order valence-electron chi connectivity index (χ0n) is 13.6. The first-order valence-electron chi connectivity index (χ1n) is 6.32. The highest BCUT2D eigenvalue weighted by Gasteiger charge is 2.25. The van der Waals surface area contributed by atoms with Gasteiger partial charge in [-0.05, 0) is 38.8 Å². The molecule has 1 amide bonds. The van der Waals surface area contributed by atoms with Gasteiger partial charge in [-0.25, -0.2) is 4.79 Å². The van der Waals surface area contributed by atoms with Crippen LogP contribution in [0.15, 0.2) is 0 Å². The maximum Gasteiger partial charge on any atom is 0.370 e. The number of esters is 1. The summed E-state index contributed by atoms with van der Waals surface area (Å²) in [4.78, 5) is 41.8. The molecule has 0 saturated carbocycles. The van der Waals surface area contributed by atoms with Gasteiger partial charge in [0, 0.05) is 13.8 Å². The first-order chi connectivity index (χ1) is 9.89. The summed E-state index contributed by atoms with van der Waals surface area (Å²) in [5.74, 6) is -1.74. The third-order valence-corrected chi connectivity index (χ3v) is 2.23. The normalized spacial score (nSPS) is 11.4. The Labute approximate surface area is 133 Å². The number of carbonyl (C=O) groups excluding carboxylic acids is 3. The quantitative estimate of drug-likeness (QED) is 0.587. The van der Waals surface area contributed by atoms with E-state index in [0.29, 0.717) is 0 Å². The predicted molar refractivity (Wildman–Crippen MR) is 81.3 cm³/mol. The molecule has 1 atom stereocenters. The lowest BCUT2D eigenvalue weighted by molar-refractivity contribution is -0.173. The average molecular weight is 337 g/mol. The molecule has 0 heterocycles. The van der Waals surface area contributed by atoms with Gasteiger partial charge in [-0.15, -0.1) is 0 Å². The molecule has 1 unspecified atom stereocenters. The molecule has 0 aliphatic rings. The van der Waals surface area contributed by atoms with Gasteiger partial charge in [0.05, 0.1) is 5.41 Å². The zero-order valence-corrected chi connectivity index (χ0v) is 14.4. The van der Waals surface area contributed by atoms with Crippen molar-refractivity contribution in [2.75, 3.05) is 12.8 Å². The van der Waals surface area contributed by atoms with Crippen molar-refractivity contribution in [1.82, 2.24) is 5.32 Å². The first-order valence-corrected chi connectivity index (χ1v) is 7.54. The van der Waals surface area contributed by atoms with E-state index >= 15 is 0 Å². The van der Waals surface area contributed by atoms with Crippen LogP contribution in [0.4, 0.5) is 4.79 Å². The lowest BCUT2D eigenvalue weighted by Crippen LogP contribution is -2.28. The molecule has 128 valence electrons. The molecular weight excluding hydrogens is 314 g/mol. The lowest BCUT2D eigenvalue weighted by atomic mass is 9.97. The largest absolute Gasteiger partial charge is 0.480 e. The van der Waals surface area contributed by atoms with E-state index in [-0.39, 0.29) is 18.4 Å². The Balaban J connectivity index is 0. The van der Waals surface area contributed by atoms with Crippen LogP contribution < -0.4 is 5.32 Å². The second kappa shape index (κ2) is 10.9. The molecule has 22 heavy (non-hydrogen) atoms. The Kier molecular flexibility index (Phi) is 11.1. The van der Waals surface area contributed by atoms with E-state index in [0.717, 1.165) is 11.8 Å². The number of carboxylic acid groups (broad SMARTS) is 1. The Morgan fingerprint density at radius 2 is 1.68 bits per heavy atom. The summed E-state index contributed by atoms with van der Waals surface area (Å²) in [6.45, 7) is 7.69. The number of hydrogen-bond donors (Lipinski definition) is 2. The molecule has 2 N–H and O–H groups in total. The lowest BCUT2D eigenvalue weighted by Gasteiger charge is -2.20. The summed E-state index contributed by atoms with van der Waals surface area (Å²) >= 11 is 0.935. The van der Waals surface area contributed by atoms with E-state index in [2.05, 4.69) is 5.32 Å². The topological polar surface area (TPSA) is 119 Å². The van der Waals surface area contributed by atoms with Crippen LogP contribution in [0.3, 0.4) is 0 Å². The maximum absolute atomic E-state index is 11.3. The van der Waals surface area contributed by atoms with Crippen LogP contribution in [0.5, 0.6) is 0 Å². The monoisotopic (exact) mass is 337 g/mol. The van der Waals surface area contributed by atoms with Gasteiger partial charge < -0.3 is 19.9 Å². The molecule has 0 bridgehead atoms. The second-order valence-corrected chi connectivity index (χ2v) is 5.84. The van der Waals surface area contributed by atoms with Crippen LogP contribution in [0.25, 0.3) is 0 Å². The molecule has 0 aromatic heterocycles. The van der Waals surface area contributed by atoms with Crippen molar-refractivity contribution in [2.24, 2.45) is 5.41 Å². The van der Waals surface area contributed by atoms with E-state index in [4.69, 9.17) is 14.6 Å². The van der Waals surface area contributed by atoms with Crippen molar-refractivity contribution in [3.05, 3.63) is 0 Å². The number of carboxylic acids is 1. The summed E-state index contributed by atoms with van der Waals surface area (Å²) in [6.07, 6.45) is 0.766. The van der Waals surface area contributed by atoms with E-state index in [9.17, 15) is 19.2 Å². The van der Waals surface area contributed by atoms with Crippen molar-refractivity contribution in [1.29, 1.82) is 0 Å². The molecule has 0 rings (SSSR count). The highest BCUT2D eigenvalue weighted by molar-refractivity contribution is 8.12. The van der Waals surface area contributed by atoms with Crippen LogP contribution in [0.2, 0.25) is 0 Å². The van der Waals surface area contributed by atoms with Crippen molar-refractivity contribution >= 4 is 34.9 Å². The van der Waals surface area contributed by atoms with Crippen molar-refractivity contribution < 1.29 is 33.8 Å². The smallest absolute Gasteiger partial charge is 0.370 e. The van der Waals surface area contributed by atoms with Gasteiger partial charge in [-0.2, -0.15) is 0 Å². The zero-order chi connectivity index (χ0) is 17.9. The van der Waals surface area contributed by atoms with Crippen LogP contribution in [0.1, 0.15) is 34.6 Å². The number of ether oxygens (including phenoxy) is 2. The molecule has 0 spiro atoms. The van der Waals surface area contributed by atoms with Gasteiger partial charge in [0.2, 0.25) is 12.2 Å². The van der Waals surface area contributed by atoms with Gasteiger partial charge in [0.1, 0.15) is 6.54 Å². The van der Waals surface area contributed by atoms with Crippen molar-refractivity contribution in [3.63, 3.8) is 0 Å². The van der Waals surface area contributed by atoms with Gasteiger partial charge in [-0.3, -0.25) is 14.4 Å². The van der Waals surface area contributed by atoms with E-state index in [1.807, 2.05) is 0 Å². The third-order valence-electron chi connectivity index (χ3n) is 1.80. The van der Waals surface area contributed by atoms with E-state index < -0.39 is 23.0 Å². The minimum atomic E-state index is -1.03. The summed E-state index contributed by atoms with van der Waals surface area (Å²) in [5.41, 5.74) is -0.583. The number of hydrogen-bond acceptors (Lipinski definition) is 7. The van der Waals surface area contributed by atoms with Crippen LogP contribution >= 0.6 is 11.8 Å². The van der Waals surface area contributed by atoms with Gasteiger partial charge in [-0.1, -0.05) is 0 Å². The molecule has 8 nitrogen and oxygen atoms in total. The van der Waals surface area contributed by atoms with Crippen LogP contribution in [0, 0.1) is 5.41 Å². The van der Waals surface area contributed by atoms with Crippen LogP contribution in [-0.4, -0.2) is 47.3 Å². The second-order valence-electron chi connectivity index (χ2n) is 5.10. The number of aliphatic carboxylic acids is 1. The maximum atomic E-state index is 11.3. The van der Waals surface area contributed by atoms with E-state index in [1.165, 1.54) is 13.8 Å². The van der Waals surface area contributed by atoms with E-state index in [1.54, 1.807) is 27.0 Å². The predicted octanol–water partition coefficient (Wildman–Crippen LogP) is 1.63. The standard InChI is InChI=1S/C9H16O4S.C4H7NO3/c1-6(13-8(11)14-5)12-7(10)9(2,3)4;1-3(6)5-2-4(7)8/h6H,1-5H3;2H2,1H3,(H,5,6)(H,7,8). The van der Waals surface area contributed by atoms with Gasteiger partial charge in [0.15, 0.2) is 0 Å². The first kappa shape index (κ1) is 22.5. The van der Waals surface area contributed by atoms with Crippen molar-refractivity contribution in [2.45, 2.75) is 40.9 Å². The number of thioether (sulfide) groups is 1. The Morgan fingerprint density at radius 3 is 1.95 bits per heavy atom. The molecule has 0 saturated heterocycles. The summed E-state index contributed by atoms with van der Waals surface area (Å²) in [7, 11) is 0. The Hall–Kier alpha value is -1.77. The third kappa shape index (κ3) is 14.6. The SMILES string of the molecule is CC(=O)NCC(=O)O.CSC(=O)OC(C)OC(=O)C(C)(C)C. The average Bonchev–Trinajstić information content (AvgIpc) is 2.35. The Morgan fingerprint density at radius 1 is 1.18 bits per heavy atom. The van der Waals surface area contributed by atoms with Crippen LogP contribution in [-0.2, 0) is 23.9 Å². The fraction of sp³-hybridized carbons (Fsp3) is 0.692. The fourth-order valence-electron chi connectivity index (χ4n) is 0.735. The molecule has 9 heteroatoms. The molecular formula is C13H23NO7S. The summed E-state index contributed by atoms with van der Waals surface area (Å²) in [6, 6.07) is 0.